The molecule has 0 aliphatic heterocycles. The molecule has 0 unspecified atom stereocenters. The van der Waals surface area contributed by atoms with Gasteiger partial charge in [-0.05, 0) is 31.4 Å². The number of aryl methyl sites for hydroxylation is 1. The van der Waals surface area contributed by atoms with Gasteiger partial charge in [0.05, 0.1) is 6.61 Å². The minimum absolute atomic E-state index is 0.107. The number of aromatic carboxylic acids is 1. The summed E-state index contributed by atoms with van der Waals surface area (Å²) >= 11 is 0. The molecular weight excluding hydrogens is 276 g/mol. The largest absolute Gasteiger partial charge is 0.507 e. The van der Waals surface area contributed by atoms with Gasteiger partial charge in [-0.2, -0.15) is 0 Å². The van der Waals surface area contributed by atoms with Crippen molar-refractivity contribution in [3.05, 3.63) is 22.8 Å². The Bertz CT molecular complexity index is 535. The van der Waals surface area contributed by atoms with Crippen LogP contribution in [0.2, 0.25) is 0 Å². The molecule has 3 N–H and O–H groups in total. The van der Waals surface area contributed by atoms with E-state index >= 15 is 0 Å². The number of hydrogen-bond donors (Lipinski definition) is 3. The van der Waals surface area contributed by atoms with Crippen LogP contribution in [-0.4, -0.2) is 33.9 Å². The first-order valence-corrected chi connectivity index (χ1v) is 6.92. The number of ether oxygens (including phenoxy) is 1. The highest BCUT2D eigenvalue weighted by molar-refractivity contribution is 6.02. The molecule has 0 atom stereocenters. The van der Waals surface area contributed by atoms with Crippen molar-refractivity contribution in [2.75, 3.05) is 6.61 Å². The van der Waals surface area contributed by atoms with Gasteiger partial charge in [0.2, 0.25) is 0 Å². The summed E-state index contributed by atoms with van der Waals surface area (Å²) in [4.78, 5) is 23.0. The molecule has 0 bridgehead atoms. The summed E-state index contributed by atoms with van der Waals surface area (Å²) < 4.78 is 4.86. The molecule has 0 saturated carbocycles. The highest BCUT2D eigenvalue weighted by Crippen LogP contribution is 2.35. The number of hydrogen-bond acceptors (Lipinski definition) is 5. The molecule has 1 aromatic rings. The van der Waals surface area contributed by atoms with E-state index < -0.39 is 29.0 Å². The number of phenols is 2. The number of carbonyl (C=O) groups is 2. The van der Waals surface area contributed by atoms with E-state index in [9.17, 15) is 19.8 Å². The third-order valence-corrected chi connectivity index (χ3v) is 3.10. The first kappa shape index (κ1) is 16.8. The lowest BCUT2D eigenvalue weighted by molar-refractivity contribution is 0.0521. The molecule has 6 heteroatoms. The molecule has 1 aromatic carbocycles. The number of rotatable bonds is 7. The van der Waals surface area contributed by atoms with Crippen LogP contribution in [0.5, 0.6) is 11.5 Å². The van der Waals surface area contributed by atoms with Crippen molar-refractivity contribution in [1.82, 2.24) is 0 Å². The van der Waals surface area contributed by atoms with E-state index in [0.717, 1.165) is 19.3 Å². The maximum absolute atomic E-state index is 11.9. The first-order valence-electron chi connectivity index (χ1n) is 6.92. The van der Waals surface area contributed by atoms with Crippen LogP contribution < -0.4 is 0 Å². The summed E-state index contributed by atoms with van der Waals surface area (Å²) in [5, 5.41) is 28.8. The predicted molar refractivity (Wildman–Crippen MR) is 75.9 cm³/mol. The third-order valence-electron chi connectivity index (χ3n) is 3.10. The van der Waals surface area contributed by atoms with E-state index in [-0.39, 0.29) is 12.2 Å². The highest BCUT2D eigenvalue weighted by atomic mass is 16.5. The van der Waals surface area contributed by atoms with E-state index in [1.807, 2.05) is 6.92 Å². The normalized spacial score (nSPS) is 10.4. The van der Waals surface area contributed by atoms with Crippen molar-refractivity contribution >= 4 is 11.9 Å². The zero-order valence-electron chi connectivity index (χ0n) is 12.2. The molecule has 116 valence electrons. The molecule has 0 heterocycles. The van der Waals surface area contributed by atoms with Crippen LogP contribution in [0.3, 0.4) is 0 Å². The molecule has 1 rings (SSSR count). The number of carbonyl (C=O) groups excluding carboxylic acids is 1. The molecule has 0 amide bonds. The van der Waals surface area contributed by atoms with E-state index in [4.69, 9.17) is 9.84 Å². The van der Waals surface area contributed by atoms with E-state index in [2.05, 4.69) is 0 Å². The lowest BCUT2D eigenvalue weighted by Crippen LogP contribution is -2.11. The second kappa shape index (κ2) is 7.52. The highest BCUT2D eigenvalue weighted by Gasteiger charge is 2.26. The van der Waals surface area contributed by atoms with Crippen LogP contribution in [0.1, 0.15) is 59.4 Å². The summed E-state index contributed by atoms with van der Waals surface area (Å²) in [5.41, 5.74) is -0.470. The quantitative estimate of drug-likeness (QED) is 0.528. The summed E-state index contributed by atoms with van der Waals surface area (Å²) in [7, 11) is 0. The molecule has 0 radical (unpaired) electrons. The molecule has 0 fully saturated rings. The van der Waals surface area contributed by atoms with Gasteiger partial charge >= 0.3 is 11.9 Å². The van der Waals surface area contributed by atoms with Gasteiger partial charge in [0.25, 0.3) is 0 Å². The summed E-state index contributed by atoms with van der Waals surface area (Å²) in [5.74, 6) is -3.59. The van der Waals surface area contributed by atoms with Gasteiger partial charge in [0, 0.05) is 0 Å². The van der Waals surface area contributed by atoms with Gasteiger partial charge in [-0.15, -0.1) is 0 Å². The minimum Gasteiger partial charge on any atom is -0.507 e. The molecule has 6 nitrogen and oxygen atoms in total. The van der Waals surface area contributed by atoms with Crippen molar-refractivity contribution < 1.29 is 29.6 Å². The molecule has 0 aromatic heterocycles. The number of benzene rings is 1. The number of aromatic hydroxyl groups is 2. The van der Waals surface area contributed by atoms with Crippen molar-refractivity contribution in [2.45, 2.75) is 39.5 Å². The van der Waals surface area contributed by atoms with Crippen LogP contribution >= 0.6 is 0 Å². The predicted octanol–water partition coefficient (Wildman–Crippen LogP) is 2.71. The summed E-state index contributed by atoms with van der Waals surface area (Å²) in [6, 6.07) is 1.21. The number of carboxylic acid groups (broad SMARTS) is 1. The van der Waals surface area contributed by atoms with Crippen LogP contribution in [0, 0.1) is 0 Å². The molecule has 21 heavy (non-hydrogen) atoms. The van der Waals surface area contributed by atoms with Crippen molar-refractivity contribution in [3.8, 4) is 11.5 Å². The van der Waals surface area contributed by atoms with Gasteiger partial charge in [-0.3, -0.25) is 0 Å². The monoisotopic (exact) mass is 296 g/mol. The van der Waals surface area contributed by atoms with Crippen LogP contribution in [-0.2, 0) is 11.2 Å². The Kier molecular flexibility index (Phi) is 6.02. The van der Waals surface area contributed by atoms with Gasteiger partial charge in [0.1, 0.15) is 22.6 Å². The van der Waals surface area contributed by atoms with Crippen LogP contribution in [0.25, 0.3) is 0 Å². The number of esters is 1. The van der Waals surface area contributed by atoms with E-state index in [1.54, 1.807) is 6.92 Å². The fourth-order valence-corrected chi connectivity index (χ4v) is 2.11. The average Bonchev–Trinajstić information content (AvgIpc) is 2.38. The van der Waals surface area contributed by atoms with E-state index in [1.165, 1.54) is 6.07 Å². The molecule has 0 saturated heterocycles. The maximum atomic E-state index is 11.9. The smallest absolute Gasteiger partial charge is 0.343 e. The fraction of sp³-hybridized carbons (Fsp3) is 0.467. The standard InChI is InChI=1S/C15H20O6/c1-3-5-6-7-9-8-10(16)12(14(18)19)13(17)11(9)15(20)21-4-2/h8,16-17H,3-7H2,1-2H3,(H,18,19). The first-order chi connectivity index (χ1) is 9.93. The molecule has 0 spiro atoms. The Morgan fingerprint density at radius 2 is 1.81 bits per heavy atom. The zero-order valence-corrected chi connectivity index (χ0v) is 12.2. The van der Waals surface area contributed by atoms with Crippen LogP contribution in [0.15, 0.2) is 6.07 Å². The summed E-state index contributed by atoms with van der Waals surface area (Å²) in [6.07, 6.45) is 3.10. The van der Waals surface area contributed by atoms with Gasteiger partial charge in [-0.1, -0.05) is 19.8 Å². The lowest BCUT2D eigenvalue weighted by atomic mass is 9.96. The summed E-state index contributed by atoms with van der Waals surface area (Å²) in [6.45, 7) is 3.74. The topological polar surface area (TPSA) is 104 Å². The maximum Gasteiger partial charge on any atom is 0.343 e. The fourth-order valence-electron chi connectivity index (χ4n) is 2.11. The second-order valence-corrected chi connectivity index (χ2v) is 4.64. The Morgan fingerprint density at radius 1 is 1.14 bits per heavy atom. The number of carboxylic acids is 1. The van der Waals surface area contributed by atoms with Gasteiger partial charge < -0.3 is 20.1 Å². The van der Waals surface area contributed by atoms with Crippen molar-refractivity contribution in [1.29, 1.82) is 0 Å². The number of unbranched alkanes of at least 4 members (excludes halogenated alkanes) is 2. The molecule has 0 aliphatic carbocycles. The Balaban J connectivity index is 3.34. The van der Waals surface area contributed by atoms with Crippen molar-refractivity contribution in [3.63, 3.8) is 0 Å². The zero-order chi connectivity index (χ0) is 16.0. The average molecular weight is 296 g/mol. The molecule has 0 aliphatic rings. The van der Waals surface area contributed by atoms with Crippen molar-refractivity contribution in [2.24, 2.45) is 0 Å². The molecular formula is C15H20O6. The van der Waals surface area contributed by atoms with Crippen LogP contribution in [0.4, 0.5) is 0 Å². The van der Waals surface area contributed by atoms with E-state index in [0.29, 0.717) is 12.0 Å². The second-order valence-electron chi connectivity index (χ2n) is 4.64. The van der Waals surface area contributed by atoms with Gasteiger partial charge in [-0.25, -0.2) is 9.59 Å². The Hall–Kier alpha value is -2.24. The minimum atomic E-state index is -1.50. The third kappa shape index (κ3) is 3.87. The Morgan fingerprint density at radius 3 is 2.33 bits per heavy atom. The van der Waals surface area contributed by atoms with Gasteiger partial charge in [0.15, 0.2) is 0 Å². The Labute approximate surface area is 123 Å². The SMILES string of the molecule is CCCCCc1cc(O)c(C(=O)O)c(O)c1C(=O)OCC. The lowest BCUT2D eigenvalue weighted by Gasteiger charge is -2.14.